The molecule has 1 saturated heterocycles. The molecule has 160 valence electrons. The van der Waals surface area contributed by atoms with Crippen molar-refractivity contribution in [2.75, 3.05) is 13.1 Å². The Kier molecular flexibility index (Phi) is 7.89. The number of piperazine rings is 1. The van der Waals surface area contributed by atoms with Crippen molar-refractivity contribution in [1.82, 2.24) is 15.5 Å². The van der Waals surface area contributed by atoms with Crippen molar-refractivity contribution >= 4 is 41.2 Å². The number of hydrogen-bond acceptors (Lipinski definition) is 5. The third kappa shape index (κ3) is 6.75. The molecule has 2 aromatic rings. The van der Waals surface area contributed by atoms with Crippen molar-refractivity contribution in [3.05, 3.63) is 77.9 Å². The first-order valence-electron chi connectivity index (χ1n) is 9.85. The molecule has 0 aromatic heterocycles. The number of thiocarbonyl (C=S) groups is 1. The molecule has 1 aliphatic heterocycles. The average Bonchev–Trinajstić information content (AvgIpc) is 2.79. The van der Waals surface area contributed by atoms with E-state index in [2.05, 4.69) is 10.6 Å². The van der Waals surface area contributed by atoms with Crippen LogP contribution < -0.4 is 10.6 Å². The minimum absolute atomic E-state index is 0.0958. The van der Waals surface area contributed by atoms with Crippen molar-refractivity contribution in [1.29, 1.82) is 0 Å². The highest BCUT2D eigenvalue weighted by atomic mass is 32.1. The van der Waals surface area contributed by atoms with Gasteiger partial charge in [-0.1, -0.05) is 60.7 Å². The highest BCUT2D eigenvalue weighted by molar-refractivity contribution is 7.80. The fourth-order valence-corrected chi connectivity index (χ4v) is 3.39. The summed E-state index contributed by atoms with van der Waals surface area (Å²) in [6.07, 6.45) is 2.86. The van der Waals surface area contributed by atoms with Crippen molar-refractivity contribution in [3.8, 4) is 0 Å². The van der Waals surface area contributed by atoms with Crippen LogP contribution in [0.25, 0.3) is 6.08 Å². The first kappa shape index (κ1) is 22.2. The minimum Gasteiger partial charge on any atom is -0.461 e. The van der Waals surface area contributed by atoms with Crippen LogP contribution in [-0.4, -0.2) is 46.9 Å². The predicted octanol–water partition coefficient (Wildman–Crippen LogP) is 2.03. The van der Waals surface area contributed by atoms with E-state index < -0.39 is 17.9 Å². The van der Waals surface area contributed by atoms with E-state index in [1.54, 1.807) is 11.0 Å². The zero-order chi connectivity index (χ0) is 22.1. The van der Waals surface area contributed by atoms with Crippen LogP contribution in [0.3, 0.4) is 0 Å². The van der Waals surface area contributed by atoms with Gasteiger partial charge in [-0.3, -0.25) is 19.7 Å². The Morgan fingerprint density at radius 1 is 1.13 bits per heavy atom. The van der Waals surface area contributed by atoms with Gasteiger partial charge in [0.1, 0.15) is 12.6 Å². The van der Waals surface area contributed by atoms with Crippen LogP contribution >= 0.6 is 12.2 Å². The highest BCUT2D eigenvalue weighted by Crippen LogP contribution is 2.12. The van der Waals surface area contributed by atoms with Gasteiger partial charge in [-0.25, -0.2) is 0 Å². The Hall–Kier alpha value is -3.52. The van der Waals surface area contributed by atoms with Crippen LogP contribution in [0, 0.1) is 0 Å². The smallest absolute Gasteiger partial charge is 0.308 e. The number of esters is 1. The Morgan fingerprint density at radius 2 is 1.81 bits per heavy atom. The van der Waals surface area contributed by atoms with E-state index in [0.29, 0.717) is 13.1 Å². The zero-order valence-electron chi connectivity index (χ0n) is 16.8. The summed E-state index contributed by atoms with van der Waals surface area (Å²) in [6, 6.07) is 17.8. The molecule has 2 amide bonds. The second kappa shape index (κ2) is 11.0. The topological polar surface area (TPSA) is 87.7 Å². The number of carbonyl (C=O) groups excluding carboxylic acids is 3. The molecule has 0 bridgehead atoms. The van der Waals surface area contributed by atoms with E-state index in [4.69, 9.17) is 17.0 Å². The SMILES string of the molecule is O=C(/C=C/c1ccccc1)NC(=S)N1CCNC(=O)C1CC(=O)OCc1ccccc1. The van der Waals surface area contributed by atoms with Gasteiger partial charge in [0.25, 0.3) is 0 Å². The molecular formula is C23H23N3O4S. The molecular weight excluding hydrogens is 414 g/mol. The van der Waals surface area contributed by atoms with Gasteiger partial charge >= 0.3 is 5.97 Å². The lowest BCUT2D eigenvalue weighted by molar-refractivity contribution is -0.148. The average molecular weight is 438 g/mol. The fourth-order valence-electron chi connectivity index (χ4n) is 3.07. The molecule has 8 heteroatoms. The van der Waals surface area contributed by atoms with E-state index in [1.807, 2.05) is 60.7 Å². The summed E-state index contributed by atoms with van der Waals surface area (Å²) in [5, 5.41) is 5.42. The fraction of sp³-hybridized carbons (Fsp3) is 0.217. The molecule has 1 heterocycles. The Bertz CT molecular complexity index is 963. The lowest BCUT2D eigenvalue weighted by Crippen LogP contribution is -2.60. The molecule has 1 fully saturated rings. The van der Waals surface area contributed by atoms with E-state index in [0.717, 1.165) is 11.1 Å². The van der Waals surface area contributed by atoms with Gasteiger partial charge in [0.15, 0.2) is 5.11 Å². The van der Waals surface area contributed by atoms with Crippen molar-refractivity contribution < 1.29 is 19.1 Å². The van der Waals surface area contributed by atoms with Crippen LogP contribution in [0.2, 0.25) is 0 Å². The van der Waals surface area contributed by atoms with E-state index in [1.165, 1.54) is 6.08 Å². The third-order valence-electron chi connectivity index (χ3n) is 4.65. The Balaban J connectivity index is 1.56. The lowest BCUT2D eigenvalue weighted by Gasteiger charge is -2.36. The van der Waals surface area contributed by atoms with Crippen LogP contribution in [0.1, 0.15) is 17.5 Å². The summed E-state index contributed by atoms with van der Waals surface area (Å²) in [7, 11) is 0. The second-order valence-corrected chi connectivity index (χ2v) is 7.28. The number of amides is 2. The standard InChI is InChI=1S/C23H23N3O4S/c27-20(12-11-17-7-3-1-4-8-17)25-23(31)26-14-13-24-22(29)19(26)15-21(28)30-16-18-9-5-2-6-10-18/h1-12,19H,13-16H2,(H,24,29)(H,25,27,31)/b12-11+. The maximum absolute atomic E-state index is 12.4. The summed E-state index contributed by atoms with van der Waals surface area (Å²) < 4.78 is 5.29. The summed E-state index contributed by atoms with van der Waals surface area (Å²) in [5.41, 5.74) is 1.73. The van der Waals surface area contributed by atoms with Crippen LogP contribution in [0.5, 0.6) is 0 Å². The molecule has 1 atom stereocenters. The van der Waals surface area contributed by atoms with Crippen molar-refractivity contribution in [2.24, 2.45) is 0 Å². The molecule has 0 radical (unpaired) electrons. The first-order chi connectivity index (χ1) is 15.0. The number of hydrogen-bond donors (Lipinski definition) is 2. The molecule has 1 aliphatic rings. The molecule has 2 aromatic carbocycles. The van der Waals surface area contributed by atoms with Crippen LogP contribution in [0.4, 0.5) is 0 Å². The maximum atomic E-state index is 12.4. The van der Waals surface area contributed by atoms with Gasteiger partial charge in [-0.2, -0.15) is 0 Å². The normalized spacial score (nSPS) is 15.9. The first-order valence-corrected chi connectivity index (χ1v) is 10.3. The monoisotopic (exact) mass is 437 g/mol. The maximum Gasteiger partial charge on any atom is 0.308 e. The van der Waals surface area contributed by atoms with Crippen molar-refractivity contribution in [3.63, 3.8) is 0 Å². The highest BCUT2D eigenvalue weighted by Gasteiger charge is 2.34. The molecule has 2 N–H and O–H groups in total. The molecule has 0 saturated carbocycles. The van der Waals surface area contributed by atoms with Gasteiger partial charge in [0, 0.05) is 19.2 Å². The van der Waals surface area contributed by atoms with Gasteiger partial charge in [-0.05, 0) is 29.4 Å². The molecule has 0 aliphatic carbocycles. The zero-order valence-corrected chi connectivity index (χ0v) is 17.6. The van der Waals surface area contributed by atoms with Crippen LogP contribution in [0.15, 0.2) is 66.7 Å². The summed E-state index contributed by atoms with van der Waals surface area (Å²) >= 11 is 5.33. The van der Waals surface area contributed by atoms with Gasteiger partial charge in [0.2, 0.25) is 11.8 Å². The molecule has 7 nitrogen and oxygen atoms in total. The molecule has 0 spiro atoms. The quantitative estimate of drug-likeness (QED) is 0.409. The number of carbonyl (C=O) groups is 3. The number of benzene rings is 2. The van der Waals surface area contributed by atoms with E-state index >= 15 is 0 Å². The van der Waals surface area contributed by atoms with E-state index in [9.17, 15) is 14.4 Å². The van der Waals surface area contributed by atoms with Crippen LogP contribution in [-0.2, 0) is 25.7 Å². The number of rotatable bonds is 6. The van der Waals surface area contributed by atoms with Gasteiger partial charge in [0.05, 0.1) is 6.42 Å². The number of ether oxygens (including phenoxy) is 1. The second-order valence-electron chi connectivity index (χ2n) is 6.89. The number of nitrogens with zero attached hydrogens (tertiary/aromatic N) is 1. The largest absolute Gasteiger partial charge is 0.461 e. The Labute approximate surface area is 186 Å². The summed E-state index contributed by atoms with van der Waals surface area (Å²) in [5.74, 6) is -1.27. The Morgan fingerprint density at radius 3 is 2.52 bits per heavy atom. The molecule has 31 heavy (non-hydrogen) atoms. The van der Waals surface area contributed by atoms with Crippen molar-refractivity contribution in [2.45, 2.75) is 19.1 Å². The van der Waals surface area contributed by atoms with E-state index in [-0.39, 0.29) is 24.0 Å². The van der Waals surface area contributed by atoms with Gasteiger partial charge in [-0.15, -0.1) is 0 Å². The minimum atomic E-state index is -0.845. The summed E-state index contributed by atoms with van der Waals surface area (Å²) in [4.78, 5) is 38.5. The lowest BCUT2D eigenvalue weighted by atomic mass is 10.1. The predicted molar refractivity (Wildman–Crippen MR) is 121 cm³/mol. The van der Waals surface area contributed by atoms with Gasteiger partial charge < -0.3 is 15.0 Å². The summed E-state index contributed by atoms with van der Waals surface area (Å²) in [6.45, 7) is 0.869. The number of nitrogens with one attached hydrogen (secondary N) is 2. The molecule has 3 rings (SSSR count). The third-order valence-corrected chi connectivity index (χ3v) is 4.99. The molecule has 1 unspecified atom stereocenters.